The fourth-order valence-corrected chi connectivity index (χ4v) is 1.26. The SMILES string of the molecule is N#CCc1ccc(C(F)(F)F)cc1B(O)O. The van der Waals surface area contributed by atoms with Gasteiger partial charge in [-0.15, -0.1) is 0 Å². The highest BCUT2D eigenvalue weighted by Gasteiger charge is 2.32. The van der Waals surface area contributed by atoms with E-state index in [-0.39, 0.29) is 17.4 Å². The van der Waals surface area contributed by atoms with Crippen molar-refractivity contribution in [1.29, 1.82) is 5.26 Å². The molecule has 2 N–H and O–H groups in total. The molecule has 0 atom stereocenters. The third-order valence-corrected chi connectivity index (χ3v) is 2.02. The number of benzene rings is 1. The number of hydrogen-bond acceptors (Lipinski definition) is 3. The number of hydrogen-bond donors (Lipinski definition) is 2. The van der Waals surface area contributed by atoms with E-state index in [2.05, 4.69) is 0 Å². The Labute approximate surface area is 89.9 Å². The predicted octanol–water partition coefficient (Wildman–Crippen LogP) is 0.451. The van der Waals surface area contributed by atoms with Gasteiger partial charge >= 0.3 is 13.3 Å². The second-order valence-corrected chi connectivity index (χ2v) is 3.12. The second-order valence-electron chi connectivity index (χ2n) is 3.12. The first kappa shape index (κ1) is 12.6. The summed E-state index contributed by atoms with van der Waals surface area (Å²) in [5.74, 6) is 0. The van der Waals surface area contributed by atoms with Crippen molar-refractivity contribution in [3.8, 4) is 6.07 Å². The van der Waals surface area contributed by atoms with Crippen molar-refractivity contribution >= 4 is 12.6 Å². The summed E-state index contributed by atoms with van der Waals surface area (Å²) in [5, 5.41) is 26.2. The quantitative estimate of drug-likeness (QED) is 0.723. The topological polar surface area (TPSA) is 64.2 Å². The third kappa shape index (κ3) is 2.75. The molecule has 7 heteroatoms. The van der Waals surface area contributed by atoms with Crippen molar-refractivity contribution in [2.45, 2.75) is 12.6 Å². The van der Waals surface area contributed by atoms with Crippen molar-refractivity contribution < 1.29 is 23.2 Å². The maximum absolute atomic E-state index is 12.3. The largest absolute Gasteiger partial charge is 0.488 e. The van der Waals surface area contributed by atoms with Crippen LogP contribution >= 0.6 is 0 Å². The fraction of sp³-hybridized carbons (Fsp3) is 0.222. The standard InChI is InChI=1S/C9H7BF3NO2/c11-9(12,13)7-2-1-6(3-4-14)8(5-7)10(15)16/h1-2,5,15-16H,3H2. The van der Waals surface area contributed by atoms with Gasteiger partial charge in [-0.2, -0.15) is 18.4 Å². The Balaban J connectivity index is 3.24. The van der Waals surface area contributed by atoms with E-state index in [1.54, 1.807) is 6.07 Å². The van der Waals surface area contributed by atoms with Crippen LogP contribution in [0.1, 0.15) is 11.1 Å². The lowest BCUT2D eigenvalue weighted by Crippen LogP contribution is -2.34. The minimum Gasteiger partial charge on any atom is -0.423 e. The average molecular weight is 229 g/mol. The van der Waals surface area contributed by atoms with Gasteiger partial charge in [0.15, 0.2) is 0 Å². The van der Waals surface area contributed by atoms with Gasteiger partial charge in [0.05, 0.1) is 18.1 Å². The van der Waals surface area contributed by atoms with Crippen LogP contribution in [0.4, 0.5) is 13.2 Å². The molecule has 0 radical (unpaired) electrons. The molecule has 16 heavy (non-hydrogen) atoms. The number of rotatable bonds is 2. The summed E-state index contributed by atoms with van der Waals surface area (Å²) in [4.78, 5) is 0. The molecular weight excluding hydrogens is 222 g/mol. The number of halogens is 3. The molecule has 0 aromatic heterocycles. The molecule has 0 amide bonds. The van der Waals surface area contributed by atoms with Gasteiger partial charge in [-0.05, 0) is 23.2 Å². The lowest BCUT2D eigenvalue weighted by Gasteiger charge is -2.11. The molecule has 3 nitrogen and oxygen atoms in total. The highest BCUT2D eigenvalue weighted by atomic mass is 19.4. The van der Waals surface area contributed by atoms with Gasteiger partial charge in [-0.3, -0.25) is 0 Å². The lowest BCUT2D eigenvalue weighted by molar-refractivity contribution is -0.137. The van der Waals surface area contributed by atoms with E-state index in [9.17, 15) is 13.2 Å². The van der Waals surface area contributed by atoms with Crippen LogP contribution in [-0.2, 0) is 12.6 Å². The van der Waals surface area contributed by atoms with E-state index < -0.39 is 18.9 Å². The zero-order chi connectivity index (χ0) is 12.3. The molecule has 84 valence electrons. The fourth-order valence-electron chi connectivity index (χ4n) is 1.26. The molecule has 1 aromatic carbocycles. The average Bonchev–Trinajstić information content (AvgIpc) is 2.16. The van der Waals surface area contributed by atoms with Crippen molar-refractivity contribution in [2.24, 2.45) is 0 Å². The molecule has 0 heterocycles. The van der Waals surface area contributed by atoms with Crippen LogP contribution in [0.2, 0.25) is 0 Å². The van der Waals surface area contributed by atoms with E-state index in [1.807, 2.05) is 0 Å². The van der Waals surface area contributed by atoms with Crippen molar-refractivity contribution in [3.05, 3.63) is 29.3 Å². The highest BCUT2D eigenvalue weighted by Crippen LogP contribution is 2.28. The molecule has 0 aliphatic heterocycles. The van der Waals surface area contributed by atoms with Crippen LogP contribution in [-0.4, -0.2) is 17.2 Å². The maximum Gasteiger partial charge on any atom is 0.488 e. The summed E-state index contributed by atoms with van der Waals surface area (Å²) in [7, 11) is -2.02. The summed E-state index contributed by atoms with van der Waals surface area (Å²) >= 11 is 0. The molecule has 1 rings (SSSR count). The van der Waals surface area contributed by atoms with Gasteiger partial charge in [-0.25, -0.2) is 0 Å². The summed E-state index contributed by atoms with van der Waals surface area (Å²) in [6, 6.07) is 4.24. The normalized spacial score (nSPS) is 11.0. The first-order chi connectivity index (χ1) is 7.36. The molecule has 0 aliphatic rings. The van der Waals surface area contributed by atoms with Crippen LogP contribution in [0.25, 0.3) is 0 Å². The molecule has 0 saturated heterocycles. The first-order valence-corrected chi connectivity index (χ1v) is 4.29. The van der Waals surface area contributed by atoms with Gasteiger partial charge < -0.3 is 10.0 Å². The van der Waals surface area contributed by atoms with Gasteiger partial charge in [0, 0.05) is 0 Å². The smallest absolute Gasteiger partial charge is 0.423 e. The molecular formula is C9H7BF3NO2. The van der Waals surface area contributed by atoms with Gasteiger partial charge in [0.2, 0.25) is 0 Å². The lowest BCUT2D eigenvalue weighted by atomic mass is 9.75. The van der Waals surface area contributed by atoms with Gasteiger partial charge in [-0.1, -0.05) is 6.07 Å². The third-order valence-electron chi connectivity index (χ3n) is 2.02. The van der Waals surface area contributed by atoms with Crippen LogP contribution in [0, 0.1) is 11.3 Å². The number of alkyl halides is 3. The van der Waals surface area contributed by atoms with E-state index in [4.69, 9.17) is 15.3 Å². The first-order valence-electron chi connectivity index (χ1n) is 4.29. The molecule has 1 aromatic rings. The Morgan fingerprint density at radius 3 is 2.38 bits per heavy atom. The monoisotopic (exact) mass is 229 g/mol. The van der Waals surface area contributed by atoms with Crippen LogP contribution < -0.4 is 5.46 Å². The molecule has 0 bridgehead atoms. The maximum atomic E-state index is 12.3. The van der Waals surface area contributed by atoms with Crippen molar-refractivity contribution in [2.75, 3.05) is 0 Å². The Hall–Kier alpha value is -1.52. The zero-order valence-corrected chi connectivity index (χ0v) is 7.99. The van der Waals surface area contributed by atoms with E-state index >= 15 is 0 Å². The Morgan fingerprint density at radius 2 is 1.94 bits per heavy atom. The molecule has 0 saturated carbocycles. The van der Waals surface area contributed by atoms with E-state index in [1.165, 1.54) is 0 Å². The Morgan fingerprint density at radius 1 is 1.31 bits per heavy atom. The predicted molar refractivity (Wildman–Crippen MR) is 50.6 cm³/mol. The molecule has 0 spiro atoms. The van der Waals surface area contributed by atoms with E-state index in [0.29, 0.717) is 6.07 Å². The number of nitrogens with zero attached hydrogens (tertiary/aromatic N) is 1. The van der Waals surface area contributed by atoms with Crippen molar-refractivity contribution in [3.63, 3.8) is 0 Å². The van der Waals surface area contributed by atoms with E-state index in [0.717, 1.165) is 12.1 Å². The molecule has 0 aliphatic carbocycles. The summed E-state index contributed by atoms with van der Waals surface area (Å²) in [5.41, 5.74) is -1.10. The van der Waals surface area contributed by atoms with Crippen LogP contribution in [0.15, 0.2) is 18.2 Å². The zero-order valence-electron chi connectivity index (χ0n) is 7.99. The van der Waals surface area contributed by atoms with Gasteiger partial charge in [0.25, 0.3) is 0 Å². The minimum absolute atomic E-state index is 0.172. The summed E-state index contributed by atoms with van der Waals surface area (Å²) in [6.07, 6.45) is -4.72. The molecule has 0 unspecified atom stereocenters. The summed E-state index contributed by atoms with van der Waals surface area (Å²) in [6.45, 7) is 0. The van der Waals surface area contributed by atoms with Crippen LogP contribution in [0.5, 0.6) is 0 Å². The van der Waals surface area contributed by atoms with Gasteiger partial charge in [0.1, 0.15) is 0 Å². The minimum atomic E-state index is -4.55. The number of nitriles is 1. The Bertz CT molecular complexity index is 426. The van der Waals surface area contributed by atoms with Crippen molar-refractivity contribution in [1.82, 2.24) is 0 Å². The molecule has 0 fully saturated rings. The van der Waals surface area contributed by atoms with Crippen LogP contribution in [0.3, 0.4) is 0 Å². The second kappa shape index (κ2) is 4.55. The summed E-state index contributed by atoms with van der Waals surface area (Å²) < 4.78 is 37.0. The highest BCUT2D eigenvalue weighted by molar-refractivity contribution is 6.59. The Kier molecular flexibility index (Phi) is 3.57.